The molecule has 0 saturated carbocycles. The number of piperidine rings is 1. The molecular weight excluding hydrogens is 254 g/mol. The van der Waals surface area contributed by atoms with Crippen LogP contribution < -0.4 is 17.0 Å². The summed E-state index contributed by atoms with van der Waals surface area (Å²) in [5.41, 5.74) is 7.99. The molecule has 6 nitrogen and oxygen atoms in total. The molecule has 0 unspecified atom stereocenters. The SMILES string of the molecule is CC.CN1CCC(CCN(C)C(=O)/C(N)=C/NN)CC1. The maximum absolute atomic E-state index is 11.8. The summed E-state index contributed by atoms with van der Waals surface area (Å²) in [6, 6.07) is 0. The summed E-state index contributed by atoms with van der Waals surface area (Å²) < 4.78 is 0. The average Bonchev–Trinajstić information content (AvgIpc) is 2.48. The van der Waals surface area contributed by atoms with Crippen molar-refractivity contribution in [3.63, 3.8) is 0 Å². The van der Waals surface area contributed by atoms with Gasteiger partial charge in [-0.05, 0) is 45.3 Å². The summed E-state index contributed by atoms with van der Waals surface area (Å²) in [5, 5.41) is 0. The molecule has 1 aliphatic heterocycles. The van der Waals surface area contributed by atoms with Crippen LogP contribution in [0.2, 0.25) is 0 Å². The summed E-state index contributed by atoms with van der Waals surface area (Å²) in [6.45, 7) is 7.05. The van der Waals surface area contributed by atoms with Gasteiger partial charge in [-0.15, -0.1) is 0 Å². The number of hydrazine groups is 1. The van der Waals surface area contributed by atoms with Crippen molar-refractivity contribution in [3.8, 4) is 0 Å². The Morgan fingerprint density at radius 2 is 1.95 bits per heavy atom. The number of rotatable bonds is 5. The number of likely N-dealkylation sites (N-methyl/N-ethyl adjacent to an activating group) is 1. The van der Waals surface area contributed by atoms with Crippen molar-refractivity contribution in [1.82, 2.24) is 15.2 Å². The van der Waals surface area contributed by atoms with E-state index < -0.39 is 0 Å². The lowest BCUT2D eigenvalue weighted by Gasteiger charge is -2.30. The first-order chi connectivity index (χ1) is 9.54. The van der Waals surface area contributed by atoms with E-state index in [4.69, 9.17) is 11.6 Å². The number of nitrogens with two attached hydrogens (primary N) is 2. The van der Waals surface area contributed by atoms with Gasteiger partial charge in [0.2, 0.25) is 0 Å². The van der Waals surface area contributed by atoms with Crippen LogP contribution in [-0.2, 0) is 4.79 Å². The van der Waals surface area contributed by atoms with Crippen molar-refractivity contribution in [1.29, 1.82) is 0 Å². The van der Waals surface area contributed by atoms with Gasteiger partial charge in [-0.1, -0.05) is 13.8 Å². The molecule has 1 fully saturated rings. The van der Waals surface area contributed by atoms with E-state index in [1.54, 1.807) is 11.9 Å². The number of carbonyl (C=O) groups is 1. The minimum atomic E-state index is -0.180. The Labute approximate surface area is 123 Å². The zero-order valence-electron chi connectivity index (χ0n) is 13.4. The second-order valence-corrected chi connectivity index (χ2v) is 5.03. The molecule has 0 radical (unpaired) electrons. The molecule has 1 aliphatic rings. The van der Waals surface area contributed by atoms with Crippen LogP contribution in [0.1, 0.15) is 33.1 Å². The van der Waals surface area contributed by atoms with Crippen LogP contribution in [0.15, 0.2) is 11.9 Å². The molecule has 0 bridgehead atoms. The highest BCUT2D eigenvalue weighted by molar-refractivity contribution is 5.92. The standard InChI is InChI=1S/C12H25N5O.C2H6/c1-16-6-3-10(4-7-16)5-8-17(2)12(18)11(13)9-15-14;1-2/h9-10,15H,3-8,13-14H2,1-2H3;1-2H3/b11-9-;. The summed E-state index contributed by atoms with van der Waals surface area (Å²) in [7, 11) is 3.92. The van der Waals surface area contributed by atoms with Gasteiger partial charge in [0.1, 0.15) is 5.70 Å². The highest BCUT2D eigenvalue weighted by Crippen LogP contribution is 2.19. The molecule has 0 aromatic rings. The normalized spacial score (nSPS) is 17.1. The topological polar surface area (TPSA) is 87.6 Å². The number of nitrogens with zero attached hydrogens (tertiary/aromatic N) is 2. The minimum Gasteiger partial charge on any atom is -0.393 e. The molecule has 6 heteroatoms. The fraction of sp³-hybridized carbons (Fsp3) is 0.786. The molecule has 0 spiro atoms. The number of nitrogens with one attached hydrogen (secondary N) is 1. The van der Waals surface area contributed by atoms with Crippen LogP contribution >= 0.6 is 0 Å². The highest BCUT2D eigenvalue weighted by atomic mass is 16.2. The Bertz CT molecular complexity index is 298. The maximum Gasteiger partial charge on any atom is 0.271 e. The first kappa shape index (κ1) is 18.7. The van der Waals surface area contributed by atoms with E-state index in [2.05, 4.69) is 17.4 Å². The van der Waals surface area contributed by atoms with E-state index >= 15 is 0 Å². The van der Waals surface area contributed by atoms with Crippen molar-refractivity contribution in [3.05, 3.63) is 11.9 Å². The predicted octanol–water partition coefficient (Wildman–Crippen LogP) is 0.466. The largest absolute Gasteiger partial charge is 0.393 e. The molecular formula is C14H31N5O. The van der Waals surface area contributed by atoms with Crippen LogP contribution in [0.3, 0.4) is 0 Å². The Morgan fingerprint density at radius 1 is 1.40 bits per heavy atom. The van der Waals surface area contributed by atoms with Gasteiger partial charge in [-0.2, -0.15) is 0 Å². The molecule has 118 valence electrons. The molecule has 0 atom stereocenters. The zero-order valence-corrected chi connectivity index (χ0v) is 13.4. The number of amides is 1. The van der Waals surface area contributed by atoms with E-state index in [0.717, 1.165) is 26.1 Å². The lowest BCUT2D eigenvalue weighted by molar-refractivity contribution is -0.126. The fourth-order valence-corrected chi connectivity index (χ4v) is 2.20. The Kier molecular flexibility index (Phi) is 9.84. The van der Waals surface area contributed by atoms with Crippen LogP contribution in [0.4, 0.5) is 0 Å². The minimum absolute atomic E-state index is 0.142. The monoisotopic (exact) mass is 285 g/mol. The van der Waals surface area contributed by atoms with Crippen LogP contribution in [-0.4, -0.2) is 49.4 Å². The molecule has 1 amide bonds. The van der Waals surface area contributed by atoms with E-state index in [1.165, 1.54) is 19.0 Å². The Balaban J connectivity index is 0.00000172. The summed E-state index contributed by atoms with van der Waals surface area (Å²) in [6.07, 6.45) is 4.79. The van der Waals surface area contributed by atoms with Gasteiger partial charge in [-0.3, -0.25) is 10.6 Å². The molecule has 1 saturated heterocycles. The van der Waals surface area contributed by atoms with Gasteiger partial charge < -0.3 is 21.0 Å². The fourth-order valence-electron chi connectivity index (χ4n) is 2.20. The molecule has 0 aliphatic carbocycles. The van der Waals surface area contributed by atoms with Crippen molar-refractivity contribution in [2.45, 2.75) is 33.1 Å². The number of likely N-dealkylation sites (tertiary alicyclic amines) is 1. The summed E-state index contributed by atoms with van der Waals surface area (Å²) in [4.78, 5) is 15.8. The van der Waals surface area contributed by atoms with E-state index in [0.29, 0.717) is 5.92 Å². The first-order valence-electron chi connectivity index (χ1n) is 7.40. The third kappa shape index (κ3) is 6.77. The number of carbonyl (C=O) groups excluding carboxylic acids is 1. The average molecular weight is 285 g/mol. The lowest BCUT2D eigenvalue weighted by atomic mass is 9.94. The van der Waals surface area contributed by atoms with Gasteiger partial charge in [0.15, 0.2) is 0 Å². The van der Waals surface area contributed by atoms with Crippen molar-refractivity contribution in [2.24, 2.45) is 17.5 Å². The predicted molar refractivity (Wildman–Crippen MR) is 83.4 cm³/mol. The molecule has 0 aromatic carbocycles. The van der Waals surface area contributed by atoms with Crippen molar-refractivity contribution < 1.29 is 4.79 Å². The summed E-state index contributed by atoms with van der Waals surface area (Å²) in [5.74, 6) is 5.63. The lowest BCUT2D eigenvalue weighted by Crippen LogP contribution is -2.36. The van der Waals surface area contributed by atoms with E-state index in [9.17, 15) is 4.79 Å². The second kappa shape index (κ2) is 10.5. The van der Waals surface area contributed by atoms with Crippen molar-refractivity contribution >= 4 is 5.91 Å². The van der Waals surface area contributed by atoms with Gasteiger partial charge in [-0.25, -0.2) is 0 Å². The van der Waals surface area contributed by atoms with Gasteiger partial charge in [0.25, 0.3) is 5.91 Å². The maximum atomic E-state index is 11.8. The molecule has 20 heavy (non-hydrogen) atoms. The first-order valence-corrected chi connectivity index (χ1v) is 7.40. The quantitative estimate of drug-likeness (QED) is 0.388. The van der Waals surface area contributed by atoms with Crippen LogP contribution in [0, 0.1) is 5.92 Å². The van der Waals surface area contributed by atoms with Gasteiger partial charge in [0.05, 0.1) is 0 Å². The third-order valence-corrected chi connectivity index (χ3v) is 3.54. The van der Waals surface area contributed by atoms with Crippen LogP contribution in [0.25, 0.3) is 0 Å². The Morgan fingerprint density at radius 3 is 2.45 bits per heavy atom. The second-order valence-electron chi connectivity index (χ2n) is 5.03. The molecule has 5 N–H and O–H groups in total. The number of hydrogen-bond donors (Lipinski definition) is 3. The zero-order chi connectivity index (χ0) is 15.5. The summed E-state index contributed by atoms with van der Waals surface area (Å²) >= 11 is 0. The molecule has 1 rings (SSSR count). The molecule has 0 aromatic heterocycles. The van der Waals surface area contributed by atoms with Gasteiger partial charge in [0, 0.05) is 19.8 Å². The Hall–Kier alpha value is -1.27. The third-order valence-electron chi connectivity index (χ3n) is 3.54. The smallest absolute Gasteiger partial charge is 0.271 e. The number of hydrogen-bond acceptors (Lipinski definition) is 5. The van der Waals surface area contributed by atoms with E-state index in [-0.39, 0.29) is 11.6 Å². The molecule has 1 heterocycles. The van der Waals surface area contributed by atoms with Gasteiger partial charge >= 0.3 is 0 Å². The highest BCUT2D eigenvalue weighted by Gasteiger charge is 2.18. The van der Waals surface area contributed by atoms with Crippen molar-refractivity contribution in [2.75, 3.05) is 33.7 Å². The van der Waals surface area contributed by atoms with E-state index in [1.807, 2.05) is 13.8 Å². The van der Waals surface area contributed by atoms with Crippen LogP contribution in [0.5, 0.6) is 0 Å².